The third-order valence-corrected chi connectivity index (χ3v) is 2.36. The van der Waals surface area contributed by atoms with Crippen molar-refractivity contribution in [2.75, 3.05) is 14.2 Å². The number of hydrogen-bond donors (Lipinski definition) is 1. The minimum Gasteiger partial charge on any atom is -0.497 e. The van der Waals surface area contributed by atoms with Crippen LogP contribution < -0.4 is 9.47 Å². The zero-order valence-corrected chi connectivity index (χ0v) is 10.2. The van der Waals surface area contributed by atoms with Gasteiger partial charge in [0.25, 0.3) is 0 Å². The van der Waals surface area contributed by atoms with Crippen LogP contribution in [-0.2, 0) is 16.0 Å². The maximum Gasteiger partial charge on any atom is 0.372 e. The van der Waals surface area contributed by atoms with Gasteiger partial charge in [0.1, 0.15) is 5.75 Å². The number of nitro benzene ring substituents is 1. The first-order valence-corrected chi connectivity index (χ1v) is 5.06. The molecule has 1 aromatic carbocycles. The molecule has 0 unspecified atom stereocenters. The maximum absolute atomic E-state index is 11.2. The lowest BCUT2D eigenvalue weighted by Gasteiger charge is -2.09. The van der Waals surface area contributed by atoms with Gasteiger partial charge in [-0.05, 0) is 6.07 Å². The number of ketones is 1. The number of aliphatic carboxylic acids is 1. The van der Waals surface area contributed by atoms with Crippen LogP contribution in [0.4, 0.5) is 5.69 Å². The number of rotatable bonds is 6. The van der Waals surface area contributed by atoms with Gasteiger partial charge in [-0.25, -0.2) is 4.79 Å². The Morgan fingerprint density at radius 2 is 1.95 bits per heavy atom. The monoisotopic (exact) mass is 269 g/mol. The second-order valence-electron chi connectivity index (χ2n) is 3.50. The van der Waals surface area contributed by atoms with Crippen molar-refractivity contribution in [1.29, 1.82) is 0 Å². The second kappa shape index (κ2) is 5.80. The first-order chi connectivity index (χ1) is 8.90. The van der Waals surface area contributed by atoms with E-state index < -0.39 is 28.8 Å². The molecule has 8 heteroatoms. The van der Waals surface area contributed by atoms with Crippen molar-refractivity contribution in [3.8, 4) is 11.5 Å². The summed E-state index contributed by atoms with van der Waals surface area (Å²) in [5.74, 6) is -2.68. The van der Waals surface area contributed by atoms with Crippen LogP contribution >= 0.6 is 0 Å². The largest absolute Gasteiger partial charge is 0.497 e. The van der Waals surface area contributed by atoms with Gasteiger partial charge in [-0.3, -0.25) is 14.9 Å². The van der Waals surface area contributed by atoms with Crippen LogP contribution in [0.15, 0.2) is 12.1 Å². The van der Waals surface area contributed by atoms with Gasteiger partial charge >= 0.3 is 11.7 Å². The van der Waals surface area contributed by atoms with Gasteiger partial charge in [0.05, 0.1) is 25.6 Å². The van der Waals surface area contributed by atoms with Crippen molar-refractivity contribution in [2.24, 2.45) is 0 Å². The molecule has 1 aromatic rings. The second-order valence-corrected chi connectivity index (χ2v) is 3.50. The van der Waals surface area contributed by atoms with E-state index >= 15 is 0 Å². The highest BCUT2D eigenvalue weighted by Crippen LogP contribution is 2.35. The number of carboxylic acids is 1. The minimum atomic E-state index is -1.66. The Labute approximate surface area is 107 Å². The van der Waals surface area contributed by atoms with Crippen LogP contribution in [0.3, 0.4) is 0 Å². The summed E-state index contributed by atoms with van der Waals surface area (Å²) in [5, 5.41) is 19.5. The fraction of sp³-hybridized carbons (Fsp3) is 0.273. The number of carboxylic acid groups (broad SMARTS) is 1. The number of Topliss-reactive ketones (excluding diaryl/α,β-unsaturated/α-hetero) is 1. The van der Waals surface area contributed by atoms with E-state index in [0.717, 1.165) is 0 Å². The van der Waals surface area contributed by atoms with Crippen LogP contribution in [0.25, 0.3) is 0 Å². The lowest BCUT2D eigenvalue weighted by Crippen LogP contribution is -2.16. The van der Waals surface area contributed by atoms with Crippen molar-refractivity contribution >= 4 is 17.4 Å². The zero-order chi connectivity index (χ0) is 14.6. The van der Waals surface area contributed by atoms with Crippen LogP contribution in [0.5, 0.6) is 11.5 Å². The minimum absolute atomic E-state index is 0.0754. The maximum atomic E-state index is 11.2. The molecule has 0 aliphatic rings. The van der Waals surface area contributed by atoms with Gasteiger partial charge in [0.2, 0.25) is 11.5 Å². The molecule has 0 atom stereocenters. The van der Waals surface area contributed by atoms with E-state index in [1.807, 2.05) is 0 Å². The Morgan fingerprint density at radius 1 is 1.32 bits per heavy atom. The predicted molar refractivity (Wildman–Crippen MR) is 62.5 cm³/mol. The summed E-state index contributed by atoms with van der Waals surface area (Å²) in [4.78, 5) is 31.9. The quantitative estimate of drug-likeness (QED) is 0.461. The molecule has 1 rings (SSSR count). The molecule has 0 spiro atoms. The van der Waals surface area contributed by atoms with Crippen molar-refractivity contribution in [3.63, 3.8) is 0 Å². The third kappa shape index (κ3) is 3.18. The normalized spacial score (nSPS) is 9.79. The number of ether oxygens (including phenoxy) is 2. The topological polar surface area (TPSA) is 116 Å². The lowest BCUT2D eigenvalue weighted by molar-refractivity contribution is -0.386. The van der Waals surface area contributed by atoms with Gasteiger partial charge in [-0.1, -0.05) is 0 Å². The average Bonchev–Trinajstić information content (AvgIpc) is 2.36. The molecule has 0 bridgehead atoms. The van der Waals surface area contributed by atoms with Crippen molar-refractivity contribution in [3.05, 3.63) is 27.8 Å². The standard InChI is InChI=1S/C11H11NO7/c1-18-7-3-6(4-8(13)11(14)15)10(12(16)17)9(5-7)19-2/h3,5H,4H2,1-2H3,(H,14,15). The Hall–Kier alpha value is -2.64. The summed E-state index contributed by atoms with van der Waals surface area (Å²) in [6.07, 6.45) is -0.612. The SMILES string of the molecule is COc1cc(CC(=O)C(=O)O)c([N+](=O)[O-])c(OC)c1. The average molecular weight is 269 g/mol. The summed E-state index contributed by atoms with van der Waals surface area (Å²) in [6, 6.07) is 2.52. The van der Waals surface area contributed by atoms with E-state index in [1.54, 1.807) is 0 Å². The molecule has 0 aromatic heterocycles. The molecule has 19 heavy (non-hydrogen) atoms. The van der Waals surface area contributed by atoms with E-state index in [1.165, 1.54) is 26.4 Å². The van der Waals surface area contributed by atoms with Gasteiger partial charge in [-0.2, -0.15) is 0 Å². The highest BCUT2D eigenvalue weighted by Gasteiger charge is 2.26. The molecule has 0 amide bonds. The molecule has 0 radical (unpaired) electrons. The summed E-state index contributed by atoms with van der Waals surface area (Å²) in [5.41, 5.74) is -0.522. The molecule has 0 aliphatic carbocycles. The van der Waals surface area contributed by atoms with E-state index in [9.17, 15) is 19.7 Å². The smallest absolute Gasteiger partial charge is 0.372 e. The van der Waals surface area contributed by atoms with Crippen molar-refractivity contribution in [2.45, 2.75) is 6.42 Å². The Kier molecular flexibility index (Phi) is 4.41. The van der Waals surface area contributed by atoms with Gasteiger partial charge in [0.15, 0.2) is 0 Å². The third-order valence-electron chi connectivity index (χ3n) is 2.36. The van der Waals surface area contributed by atoms with Crippen molar-refractivity contribution < 1.29 is 29.1 Å². The molecule has 0 aliphatic heterocycles. The number of nitrogens with zero attached hydrogens (tertiary/aromatic N) is 1. The molecule has 0 fully saturated rings. The number of methoxy groups -OCH3 is 2. The highest BCUT2D eigenvalue weighted by molar-refractivity contribution is 6.33. The Bertz CT molecular complexity index is 538. The summed E-state index contributed by atoms with van der Waals surface area (Å²) in [6.45, 7) is 0. The van der Waals surface area contributed by atoms with E-state index in [-0.39, 0.29) is 17.1 Å². The van der Waals surface area contributed by atoms with Gasteiger partial charge in [0, 0.05) is 11.6 Å². The number of carbonyl (C=O) groups is 2. The van der Waals surface area contributed by atoms with Crippen molar-refractivity contribution in [1.82, 2.24) is 0 Å². The van der Waals surface area contributed by atoms with E-state index in [0.29, 0.717) is 0 Å². The number of hydrogen-bond acceptors (Lipinski definition) is 6. The fourth-order valence-electron chi connectivity index (χ4n) is 1.50. The molecule has 0 heterocycles. The summed E-state index contributed by atoms with van der Waals surface area (Å²) < 4.78 is 9.76. The Morgan fingerprint density at radius 3 is 2.37 bits per heavy atom. The highest BCUT2D eigenvalue weighted by atomic mass is 16.6. The first kappa shape index (κ1) is 14.4. The number of nitro groups is 1. The van der Waals surface area contributed by atoms with Crippen LogP contribution in [0.1, 0.15) is 5.56 Å². The molecule has 0 saturated heterocycles. The van der Waals surface area contributed by atoms with Crippen LogP contribution in [0.2, 0.25) is 0 Å². The molecule has 1 N–H and O–H groups in total. The summed E-state index contributed by atoms with van der Waals surface area (Å²) in [7, 11) is 2.56. The molecule has 0 saturated carbocycles. The molecular weight excluding hydrogens is 258 g/mol. The molecular formula is C11H11NO7. The lowest BCUT2D eigenvalue weighted by atomic mass is 10.1. The molecule has 8 nitrogen and oxygen atoms in total. The predicted octanol–water partition coefficient (Wildman–Crippen LogP) is 0.808. The Balaban J connectivity index is 3.37. The molecule has 102 valence electrons. The van der Waals surface area contributed by atoms with Gasteiger partial charge in [-0.15, -0.1) is 0 Å². The van der Waals surface area contributed by atoms with Gasteiger partial charge < -0.3 is 14.6 Å². The van der Waals surface area contributed by atoms with E-state index in [2.05, 4.69) is 0 Å². The first-order valence-electron chi connectivity index (χ1n) is 5.06. The van der Waals surface area contributed by atoms with Crippen LogP contribution in [-0.4, -0.2) is 36.0 Å². The number of benzene rings is 1. The summed E-state index contributed by atoms with van der Waals surface area (Å²) >= 11 is 0. The van der Waals surface area contributed by atoms with Crippen LogP contribution in [0, 0.1) is 10.1 Å². The zero-order valence-electron chi connectivity index (χ0n) is 10.2. The number of carbonyl (C=O) groups excluding carboxylic acids is 1. The van der Waals surface area contributed by atoms with E-state index in [4.69, 9.17) is 14.6 Å². The fourth-order valence-corrected chi connectivity index (χ4v) is 1.50.